The maximum atomic E-state index is 11.6. The number of hydrogen-bond acceptors (Lipinski definition) is 4. The fraction of sp³-hybridized carbons (Fsp3) is 0.167. The van der Waals surface area contributed by atoms with Crippen LogP contribution < -0.4 is 11.3 Å². The van der Waals surface area contributed by atoms with Crippen LogP contribution in [-0.2, 0) is 5.75 Å². The zero-order chi connectivity index (χ0) is 12.5. The largest absolute Gasteiger partial charge is 0.333 e. The van der Waals surface area contributed by atoms with E-state index in [0.717, 1.165) is 17.0 Å². The SMILES string of the molecule is NNC(=O)c1ccn2c1CSC2c1cccnc1. The summed E-state index contributed by atoms with van der Waals surface area (Å²) in [5, 5.41) is 0.188. The fourth-order valence-corrected chi connectivity index (χ4v) is 3.46. The number of thioether (sulfide) groups is 1. The summed E-state index contributed by atoms with van der Waals surface area (Å²) in [5.74, 6) is 5.74. The Bertz CT molecular complexity index is 581. The minimum atomic E-state index is -0.240. The number of nitrogens with one attached hydrogen (secondary N) is 1. The normalized spacial score (nSPS) is 17.5. The molecule has 0 radical (unpaired) electrons. The number of carbonyl (C=O) groups excluding carboxylic acids is 1. The summed E-state index contributed by atoms with van der Waals surface area (Å²) >= 11 is 1.78. The average molecular weight is 260 g/mol. The van der Waals surface area contributed by atoms with Crippen LogP contribution in [0.25, 0.3) is 0 Å². The molecule has 1 amide bonds. The standard InChI is InChI=1S/C12H12N4OS/c13-15-11(17)9-3-5-16-10(9)7-18-12(16)8-2-1-4-14-6-8/h1-6,12H,7,13H2,(H,15,17). The molecule has 1 aliphatic heterocycles. The van der Waals surface area contributed by atoms with Crippen LogP contribution in [0, 0.1) is 0 Å². The molecule has 0 aromatic carbocycles. The first-order chi connectivity index (χ1) is 8.81. The molecule has 3 heterocycles. The summed E-state index contributed by atoms with van der Waals surface area (Å²) in [4.78, 5) is 15.7. The molecule has 92 valence electrons. The summed E-state index contributed by atoms with van der Waals surface area (Å²) in [6.07, 6.45) is 5.54. The average Bonchev–Trinajstić information content (AvgIpc) is 3.00. The van der Waals surface area contributed by atoms with Crippen molar-refractivity contribution < 1.29 is 4.79 Å². The minimum Gasteiger partial charge on any atom is -0.333 e. The summed E-state index contributed by atoms with van der Waals surface area (Å²) in [5.41, 5.74) is 4.97. The van der Waals surface area contributed by atoms with Crippen LogP contribution in [0.2, 0.25) is 0 Å². The molecule has 0 saturated carbocycles. The van der Waals surface area contributed by atoms with E-state index in [1.807, 2.05) is 24.5 Å². The topological polar surface area (TPSA) is 72.9 Å². The highest BCUT2D eigenvalue weighted by Crippen LogP contribution is 2.41. The first kappa shape index (κ1) is 11.3. The van der Waals surface area contributed by atoms with Gasteiger partial charge in [-0.3, -0.25) is 15.2 Å². The lowest BCUT2D eigenvalue weighted by atomic mass is 10.2. The van der Waals surface area contributed by atoms with Gasteiger partial charge in [-0.15, -0.1) is 11.8 Å². The molecule has 1 unspecified atom stereocenters. The lowest BCUT2D eigenvalue weighted by Crippen LogP contribution is -2.30. The van der Waals surface area contributed by atoms with E-state index in [0.29, 0.717) is 5.56 Å². The van der Waals surface area contributed by atoms with Crippen LogP contribution in [0.5, 0.6) is 0 Å². The molecule has 6 heteroatoms. The van der Waals surface area contributed by atoms with E-state index in [2.05, 4.69) is 15.0 Å². The molecule has 3 rings (SSSR count). The van der Waals surface area contributed by atoms with E-state index >= 15 is 0 Å². The van der Waals surface area contributed by atoms with E-state index in [9.17, 15) is 4.79 Å². The molecule has 0 spiro atoms. The Morgan fingerprint density at radius 3 is 3.17 bits per heavy atom. The second-order valence-electron chi connectivity index (χ2n) is 4.01. The van der Waals surface area contributed by atoms with Gasteiger partial charge < -0.3 is 4.57 Å². The van der Waals surface area contributed by atoms with E-state index < -0.39 is 0 Å². The number of rotatable bonds is 2. The lowest BCUT2D eigenvalue weighted by Gasteiger charge is -2.11. The number of pyridine rings is 1. The predicted molar refractivity (Wildman–Crippen MR) is 69.8 cm³/mol. The molecule has 0 fully saturated rings. The molecule has 5 nitrogen and oxygen atoms in total. The van der Waals surface area contributed by atoms with E-state index in [4.69, 9.17) is 5.84 Å². The van der Waals surface area contributed by atoms with Crippen LogP contribution in [0.4, 0.5) is 0 Å². The summed E-state index contributed by atoms with van der Waals surface area (Å²) in [6, 6.07) is 5.77. The Balaban J connectivity index is 1.99. The molecule has 2 aromatic heterocycles. The quantitative estimate of drug-likeness (QED) is 0.484. The number of hydrazine groups is 1. The summed E-state index contributed by atoms with van der Waals surface area (Å²) in [6.45, 7) is 0. The predicted octanol–water partition coefficient (Wildman–Crippen LogP) is 1.28. The van der Waals surface area contributed by atoms with E-state index in [1.165, 1.54) is 0 Å². The molecule has 0 aliphatic carbocycles. The van der Waals surface area contributed by atoms with E-state index in [-0.39, 0.29) is 11.3 Å². The van der Waals surface area contributed by atoms with Gasteiger partial charge in [-0.1, -0.05) is 6.07 Å². The molecule has 3 N–H and O–H groups in total. The molecule has 18 heavy (non-hydrogen) atoms. The molecule has 0 bridgehead atoms. The Morgan fingerprint density at radius 1 is 1.56 bits per heavy atom. The van der Waals surface area contributed by atoms with Gasteiger partial charge in [0.05, 0.1) is 5.56 Å². The molecule has 2 aromatic rings. The number of hydrogen-bond donors (Lipinski definition) is 2. The van der Waals surface area contributed by atoms with Gasteiger partial charge in [0.2, 0.25) is 0 Å². The van der Waals surface area contributed by atoms with Gasteiger partial charge in [0.1, 0.15) is 5.37 Å². The smallest absolute Gasteiger partial charge is 0.267 e. The van der Waals surface area contributed by atoms with Gasteiger partial charge >= 0.3 is 0 Å². The molecular formula is C12H12N4OS. The van der Waals surface area contributed by atoms with Crippen LogP contribution >= 0.6 is 11.8 Å². The number of nitrogen functional groups attached to an aromatic ring is 1. The van der Waals surface area contributed by atoms with Crippen molar-refractivity contribution in [2.45, 2.75) is 11.1 Å². The lowest BCUT2D eigenvalue weighted by molar-refractivity contribution is 0.0953. The highest BCUT2D eigenvalue weighted by molar-refractivity contribution is 7.99. The monoisotopic (exact) mass is 260 g/mol. The molecule has 0 saturated heterocycles. The number of carbonyl (C=O) groups is 1. The zero-order valence-corrected chi connectivity index (χ0v) is 10.4. The van der Waals surface area contributed by atoms with Crippen LogP contribution in [0.1, 0.15) is 27.0 Å². The third kappa shape index (κ3) is 1.70. The first-order valence-electron chi connectivity index (χ1n) is 5.53. The van der Waals surface area contributed by atoms with Gasteiger partial charge in [0.15, 0.2) is 0 Å². The van der Waals surface area contributed by atoms with Crippen molar-refractivity contribution in [2.24, 2.45) is 5.84 Å². The van der Waals surface area contributed by atoms with Crippen LogP contribution in [0.15, 0.2) is 36.8 Å². The Morgan fingerprint density at radius 2 is 2.44 bits per heavy atom. The number of aromatic nitrogens is 2. The minimum absolute atomic E-state index is 0.188. The summed E-state index contributed by atoms with van der Waals surface area (Å²) < 4.78 is 2.10. The van der Waals surface area contributed by atoms with Crippen LogP contribution in [-0.4, -0.2) is 15.5 Å². The van der Waals surface area contributed by atoms with E-state index in [1.54, 1.807) is 24.0 Å². The van der Waals surface area contributed by atoms with Crippen molar-refractivity contribution in [3.63, 3.8) is 0 Å². The Labute approximate surface area is 108 Å². The summed E-state index contributed by atoms with van der Waals surface area (Å²) in [7, 11) is 0. The van der Waals surface area contributed by atoms with Crippen molar-refractivity contribution in [1.82, 2.24) is 15.0 Å². The second kappa shape index (κ2) is 4.47. The second-order valence-corrected chi connectivity index (χ2v) is 5.08. The Kier molecular flexibility index (Phi) is 2.81. The molecular weight excluding hydrogens is 248 g/mol. The van der Waals surface area contributed by atoms with Crippen molar-refractivity contribution >= 4 is 17.7 Å². The fourth-order valence-electron chi connectivity index (χ4n) is 2.15. The van der Waals surface area contributed by atoms with Crippen molar-refractivity contribution in [1.29, 1.82) is 0 Å². The van der Waals surface area contributed by atoms with Crippen molar-refractivity contribution in [3.05, 3.63) is 53.6 Å². The third-order valence-electron chi connectivity index (χ3n) is 3.00. The highest BCUT2D eigenvalue weighted by Gasteiger charge is 2.28. The number of fused-ring (bicyclic) bond motifs is 1. The highest BCUT2D eigenvalue weighted by atomic mass is 32.2. The maximum Gasteiger partial charge on any atom is 0.267 e. The first-order valence-corrected chi connectivity index (χ1v) is 6.58. The van der Waals surface area contributed by atoms with Crippen molar-refractivity contribution in [2.75, 3.05) is 0 Å². The Hall–Kier alpha value is -1.79. The van der Waals surface area contributed by atoms with Gasteiger partial charge in [-0.25, -0.2) is 5.84 Å². The zero-order valence-electron chi connectivity index (χ0n) is 9.54. The third-order valence-corrected chi connectivity index (χ3v) is 4.26. The maximum absolute atomic E-state index is 11.6. The van der Waals surface area contributed by atoms with Gasteiger partial charge in [0, 0.05) is 35.6 Å². The van der Waals surface area contributed by atoms with Crippen molar-refractivity contribution in [3.8, 4) is 0 Å². The number of amides is 1. The number of nitrogens with two attached hydrogens (primary N) is 1. The molecule has 1 aliphatic rings. The van der Waals surface area contributed by atoms with Gasteiger partial charge in [-0.2, -0.15) is 0 Å². The molecule has 1 atom stereocenters. The van der Waals surface area contributed by atoms with Gasteiger partial charge in [0.25, 0.3) is 5.91 Å². The number of nitrogens with zero attached hydrogens (tertiary/aromatic N) is 2. The van der Waals surface area contributed by atoms with Crippen LogP contribution in [0.3, 0.4) is 0 Å². The van der Waals surface area contributed by atoms with Gasteiger partial charge in [-0.05, 0) is 12.1 Å².